The number of esters is 1. The van der Waals surface area contributed by atoms with Crippen molar-refractivity contribution in [3.8, 4) is 0 Å². The molecule has 98 valence electrons. The normalized spacial score (nSPS) is 11.2. The van der Waals surface area contributed by atoms with Gasteiger partial charge in [0, 0.05) is 0 Å². The highest BCUT2D eigenvalue weighted by molar-refractivity contribution is 5.87. The van der Waals surface area contributed by atoms with E-state index in [-0.39, 0.29) is 13.2 Å². The van der Waals surface area contributed by atoms with Crippen LogP contribution in [-0.4, -0.2) is 56.0 Å². The maximum atomic E-state index is 11.2. The Balaban J connectivity index is 3.99. The van der Waals surface area contributed by atoms with E-state index in [1.807, 2.05) is 0 Å². The van der Waals surface area contributed by atoms with Crippen molar-refractivity contribution in [1.82, 2.24) is 10.6 Å². The summed E-state index contributed by atoms with van der Waals surface area (Å²) >= 11 is 0. The summed E-state index contributed by atoms with van der Waals surface area (Å²) < 4.78 is 8.86. The standard InChI is InChI=1S/C9H16N2O6/c1-3-17-9(15)10-4-7(13)11-6(5-12)8(14)16-2/h6,12H,3-5H2,1-2H3,(H,10,15)(H,11,13). The van der Waals surface area contributed by atoms with Gasteiger partial charge in [-0.3, -0.25) is 4.79 Å². The number of rotatable bonds is 6. The zero-order valence-corrected chi connectivity index (χ0v) is 9.69. The van der Waals surface area contributed by atoms with Gasteiger partial charge in [0.05, 0.1) is 20.3 Å². The average molecular weight is 248 g/mol. The lowest BCUT2D eigenvalue weighted by Gasteiger charge is -2.13. The SMILES string of the molecule is CCOC(=O)NCC(=O)NC(CO)C(=O)OC. The quantitative estimate of drug-likeness (QED) is 0.487. The van der Waals surface area contributed by atoms with Crippen molar-refractivity contribution in [3.63, 3.8) is 0 Å². The topological polar surface area (TPSA) is 114 Å². The molecule has 8 heteroatoms. The zero-order chi connectivity index (χ0) is 13.3. The molecule has 8 nitrogen and oxygen atoms in total. The summed E-state index contributed by atoms with van der Waals surface area (Å²) in [6, 6.07) is -1.14. The Labute approximate surface area is 98.3 Å². The van der Waals surface area contributed by atoms with Crippen molar-refractivity contribution < 1.29 is 29.0 Å². The van der Waals surface area contributed by atoms with Gasteiger partial charge in [-0.25, -0.2) is 9.59 Å². The van der Waals surface area contributed by atoms with E-state index >= 15 is 0 Å². The van der Waals surface area contributed by atoms with Crippen molar-refractivity contribution >= 4 is 18.0 Å². The monoisotopic (exact) mass is 248 g/mol. The summed E-state index contributed by atoms with van der Waals surface area (Å²) in [6.07, 6.45) is -0.735. The van der Waals surface area contributed by atoms with Crippen molar-refractivity contribution in [2.45, 2.75) is 13.0 Å². The Morgan fingerprint density at radius 1 is 1.35 bits per heavy atom. The Kier molecular flexibility index (Phi) is 7.44. The molecular formula is C9H16N2O6. The first-order chi connectivity index (χ1) is 8.04. The van der Waals surface area contributed by atoms with Crippen molar-refractivity contribution in [2.24, 2.45) is 0 Å². The number of nitrogens with one attached hydrogen (secondary N) is 2. The molecule has 0 aliphatic carbocycles. The van der Waals surface area contributed by atoms with E-state index < -0.39 is 30.6 Å². The van der Waals surface area contributed by atoms with E-state index in [1.54, 1.807) is 6.92 Å². The van der Waals surface area contributed by atoms with Gasteiger partial charge >= 0.3 is 12.1 Å². The molecule has 0 aliphatic heterocycles. The molecule has 0 aliphatic rings. The number of carbonyl (C=O) groups excluding carboxylic acids is 3. The number of ether oxygens (including phenoxy) is 2. The molecule has 0 bridgehead atoms. The lowest BCUT2D eigenvalue weighted by molar-refractivity contribution is -0.146. The van der Waals surface area contributed by atoms with Crippen LogP contribution >= 0.6 is 0 Å². The Morgan fingerprint density at radius 3 is 2.47 bits per heavy atom. The minimum absolute atomic E-state index is 0.189. The van der Waals surface area contributed by atoms with Crippen LogP contribution in [0.25, 0.3) is 0 Å². The number of hydrogen-bond donors (Lipinski definition) is 3. The zero-order valence-electron chi connectivity index (χ0n) is 9.69. The summed E-state index contributed by atoms with van der Waals surface area (Å²) in [6.45, 7) is 0.873. The van der Waals surface area contributed by atoms with E-state index in [0.29, 0.717) is 0 Å². The molecule has 0 aromatic carbocycles. The Bertz CT molecular complexity index is 281. The van der Waals surface area contributed by atoms with Crippen LogP contribution in [0.1, 0.15) is 6.92 Å². The van der Waals surface area contributed by atoms with Crippen LogP contribution < -0.4 is 10.6 Å². The third-order valence-electron chi connectivity index (χ3n) is 1.67. The number of aliphatic hydroxyl groups is 1. The molecular weight excluding hydrogens is 232 g/mol. The smallest absolute Gasteiger partial charge is 0.407 e. The molecule has 0 rings (SSSR count). The summed E-state index contributed by atoms with van der Waals surface area (Å²) in [5, 5.41) is 13.2. The van der Waals surface area contributed by atoms with Gasteiger partial charge in [0.15, 0.2) is 6.04 Å². The predicted molar refractivity (Wildman–Crippen MR) is 56.1 cm³/mol. The number of carbonyl (C=O) groups is 3. The second-order valence-corrected chi connectivity index (χ2v) is 2.90. The van der Waals surface area contributed by atoms with E-state index in [0.717, 1.165) is 7.11 Å². The highest BCUT2D eigenvalue weighted by Gasteiger charge is 2.20. The van der Waals surface area contributed by atoms with E-state index in [4.69, 9.17) is 5.11 Å². The highest BCUT2D eigenvalue weighted by Crippen LogP contribution is 1.86. The maximum absolute atomic E-state index is 11.2. The van der Waals surface area contributed by atoms with Crippen molar-refractivity contribution in [2.75, 3.05) is 26.9 Å². The van der Waals surface area contributed by atoms with Gasteiger partial charge in [-0.05, 0) is 6.92 Å². The van der Waals surface area contributed by atoms with Gasteiger partial charge < -0.3 is 25.2 Å². The fraction of sp³-hybridized carbons (Fsp3) is 0.667. The van der Waals surface area contributed by atoms with Gasteiger partial charge in [-0.2, -0.15) is 0 Å². The fourth-order valence-corrected chi connectivity index (χ4v) is 0.901. The largest absolute Gasteiger partial charge is 0.467 e. The van der Waals surface area contributed by atoms with Gasteiger partial charge in [-0.1, -0.05) is 0 Å². The molecule has 0 fully saturated rings. The van der Waals surface area contributed by atoms with Gasteiger partial charge in [0.1, 0.15) is 6.54 Å². The lowest BCUT2D eigenvalue weighted by Crippen LogP contribution is -2.47. The summed E-state index contributed by atoms with van der Waals surface area (Å²) in [7, 11) is 1.13. The molecule has 1 unspecified atom stereocenters. The molecule has 2 amide bonds. The van der Waals surface area contributed by atoms with Crippen LogP contribution in [0.4, 0.5) is 4.79 Å². The second-order valence-electron chi connectivity index (χ2n) is 2.90. The van der Waals surface area contributed by atoms with E-state index in [2.05, 4.69) is 20.1 Å². The van der Waals surface area contributed by atoms with Crippen LogP contribution in [0, 0.1) is 0 Å². The third-order valence-corrected chi connectivity index (χ3v) is 1.67. The molecule has 3 N–H and O–H groups in total. The van der Waals surface area contributed by atoms with Gasteiger partial charge in [0.2, 0.25) is 5.91 Å². The molecule has 0 heterocycles. The minimum atomic E-state index is -1.14. The maximum Gasteiger partial charge on any atom is 0.407 e. The van der Waals surface area contributed by atoms with Gasteiger partial charge in [-0.15, -0.1) is 0 Å². The molecule has 0 saturated heterocycles. The first kappa shape index (κ1) is 15.2. The first-order valence-corrected chi connectivity index (χ1v) is 4.93. The number of aliphatic hydroxyl groups excluding tert-OH is 1. The molecule has 0 spiro atoms. The minimum Gasteiger partial charge on any atom is -0.467 e. The fourth-order valence-electron chi connectivity index (χ4n) is 0.901. The summed E-state index contributed by atoms with van der Waals surface area (Å²) in [5.74, 6) is -1.40. The molecule has 0 saturated carbocycles. The van der Waals surface area contributed by atoms with Crippen LogP contribution in [0.5, 0.6) is 0 Å². The van der Waals surface area contributed by atoms with Crippen molar-refractivity contribution in [1.29, 1.82) is 0 Å². The number of hydrogen-bond acceptors (Lipinski definition) is 6. The van der Waals surface area contributed by atoms with Gasteiger partial charge in [0.25, 0.3) is 0 Å². The number of methoxy groups -OCH3 is 1. The summed E-state index contributed by atoms with van der Waals surface area (Å²) in [5.41, 5.74) is 0. The van der Waals surface area contributed by atoms with Crippen LogP contribution in [0.3, 0.4) is 0 Å². The van der Waals surface area contributed by atoms with Crippen LogP contribution in [0.15, 0.2) is 0 Å². The van der Waals surface area contributed by atoms with Crippen molar-refractivity contribution in [3.05, 3.63) is 0 Å². The molecule has 1 atom stereocenters. The number of alkyl carbamates (subject to hydrolysis) is 1. The van der Waals surface area contributed by atoms with Crippen LogP contribution in [0.2, 0.25) is 0 Å². The molecule has 0 aromatic rings. The van der Waals surface area contributed by atoms with E-state index in [1.165, 1.54) is 0 Å². The van der Waals surface area contributed by atoms with Crippen LogP contribution in [-0.2, 0) is 19.1 Å². The second kappa shape index (κ2) is 8.34. The first-order valence-electron chi connectivity index (χ1n) is 4.93. The Morgan fingerprint density at radius 2 is 2.00 bits per heavy atom. The summed E-state index contributed by atoms with van der Waals surface area (Å²) in [4.78, 5) is 33.1. The molecule has 17 heavy (non-hydrogen) atoms. The van der Waals surface area contributed by atoms with E-state index in [9.17, 15) is 14.4 Å². The molecule has 0 radical (unpaired) electrons. The average Bonchev–Trinajstić information content (AvgIpc) is 2.32. The predicted octanol–water partition coefficient (Wildman–Crippen LogP) is -1.62. The number of amides is 2. The Hall–Kier alpha value is -1.83. The third kappa shape index (κ3) is 6.36. The molecule has 0 aromatic heterocycles. The lowest BCUT2D eigenvalue weighted by atomic mass is 10.3. The highest BCUT2D eigenvalue weighted by atomic mass is 16.5.